The van der Waals surface area contributed by atoms with Crippen LogP contribution in [0.3, 0.4) is 0 Å². The second-order valence-electron chi connectivity index (χ2n) is 7.07. The fraction of sp³-hybridized carbons (Fsp3) is 0.667. The number of nitrogens with zero attached hydrogens (tertiary/aromatic N) is 2. The summed E-state index contributed by atoms with van der Waals surface area (Å²) in [5, 5.41) is 0. The van der Waals surface area contributed by atoms with E-state index in [0.717, 1.165) is 31.2 Å². The molecule has 146 valence electrons. The second kappa shape index (κ2) is 8.12. The SMILES string of the molecule is COc1ccc(C2CN(S(=O)(=O)NC3CCCC3)CCN2C)cc1OC. The third-order valence-electron chi connectivity index (χ3n) is 5.41. The van der Waals surface area contributed by atoms with Gasteiger partial charge in [-0.3, -0.25) is 4.90 Å². The highest BCUT2D eigenvalue weighted by Gasteiger charge is 2.34. The standard InChI is InChI=1S/C18H29N3O4S/c1-20-10-11-21(26(22,23)19-15-6-4-5-7-15)13-16(20)14-8-9-17(24-2)18(12-14)25-3/h8-9,12,15-16,19H,4-7,10-11,13H2,1-3H3. The number of hydrogen-bond acceptors (Lipinski definition) is 5. The zero-order chi connectivity index (χ0) is 18.7. The highest BCUT2D eigenvalue weighted by atomic mass is 32.2. The van der Waals surface area contributed by atoms with Crippen LogP contribution in [0.1, 0.15) is 37.3 Å². The molecule has 2 fully saturated rings. The van der Waals surface area contributed by atoms with Crippen molar-refractivity contribution in [2.75, 3.05) is 40.9 Å². The molecule has 1 aromatic carbocycles. The molecule has 0 bridgehead atoms. The van der Waals surface area contributed by atoms with Gasteiger partial charge in [0.25, 0.3) is 10.2 Å². The van der Waals surface area contributed by atoms with Gasteiger partial charge >= 0.3 is 0 Å². The molecule has 1 aromatic rings. The zero-order valence-corrected chi connectivity index (χ0v) is 16.6. The van der Waals surface area contributed by atoms with Gasteiger partial charge in [0.2, 0.25) is 0 Å². The van der Waals surface area contributed by atoms with E-state index in [0.29, 0.717) is 31.1 Å². The number of likely N-dealkylation sites (N-methyl/N-ethyl adjacent to an activating group) is 1. The molecule has 1 unspecified atom stereocenters. The van der Waals surface area contributed by atoms with E-state index in [2.05, 4.69) is 9.62 Å². The van der Waals surface area contributed by atoms with Crippen molar-refractivity contribution in [3.63, 3.8) is 0 Å². The van der Waals surface area contributed by atoms with E-state index in [1.165, 1.54) is 0 Å². The molecule has 0 spiro atoms. The summed E-state index contributed by atoms with van der Waals surface area (Å²) < 4.78 is 40.8. The molecule has 1 atom stereocenters. The van der Waals surface area contributed by atoms with Crippen LogP contribution in [0.2, 0.25) is 0 Å². The number of methoxy groups -OCH3 is 2. The molecular formula is C18H29N3O4S. The molecule has 1 aliphatic carbocycles. The van der Waals surface area contributed by atoms with Gasteiger partial charge in [0.1, 0.15) is 0 Å². The number of benzene rings is 1. The van der Waals surface area contributed by atoms with Crippen LogP contribution in [0.15, 0.2) is 18.2 Å². The van der Waals surface area contributed by atoms with Crippen LogP contribution in [0, 0.1) is 0 Å². The van der Waals surface area contributed by atoms with E-state index in [1.54, 1.807) is 18.5 Å². The average Bonchev–Trinajstić information content (AvgIpc) is 3.13. The van der Waals surface area contributed by atoms with E-state index in [-0.39, 0.29) is 12.1 Å². The van der Waals surface area contributed by atoms with Gasteiger partial charge in [-0.15, -0.1) is 0 Å². The molecule has 1 saturated heterocycles. The van der Waals surface area contributed by atoms with Crippen LogP contribution >= 0.6 is 0 Å². The summed E-state index contributed by atoms with van der Waals surface area (Å²) in [5.41, 5.74) is 1.02. The highest BCUT2D eigenvalue weighted by Crippen LogP contribution is 2.33. The van der Waals surface area contributed by atoms with Gasteiger partial charge in [0.15, 0.2) is 11.5 Å². The molecule has 1 aliphatic heterocycles. The minimum Gasteiger partial charge on any atom is -0.493 e. The topological polar surface area (TPSA) is 71.1 Å². The van der Waals surface area contributed by atoms with Crippen LogP contribution in [-0.2, 0) is 10.2 Å². The molecule has 1 N–H and O–H groups in total. The summed E-state index contributed by atoms with van der Waals surface area (Å²) in [6, 6.07) is 5.83. The third-order valence-corrected chi connectivity index (χ3v) is 7.06. The van der Waals surface area contributed by atoms with Crippen molar-refractivity contribution < 1.29 is 17.9 Å². The molecule has 7 nitrogen and oxygen atoms in total. The summed E-state index contributed by atoms with van der Waals surface area (Å²) in [5.74, 6) is 1.32. The molecule has 0 amide bonds. The van der Waals surface area contributed by atoms with Crippen molar-refractivity contribution in [2.24, 2.45) is 0 Å². The van der Waals surface area contributed by atoms with Crippen molar-refractivity contribution >= 4 is 10.2 Å². The first-order valence-corrected chi connectivity index (χ1v) is 10.6. The van der Waals surface area contributed by atoms with Crippen molar-refractivity contribution in [1.29, 1.82) is 0 Å². The Morgan fingerprint density at radius 3 is 2.42 bits per heavy atom. The molecule has 1 heterocycles. The fourth-order valence-electron chi connectivity index (χ4n) is 3.82. The van der Waals surface area contributed by atoms with Gasteiger partial charge in [-0.2, -0.15) is 17.4 Å². The summed E-state index contributed by atoms with van der Waals surface area (Å²) in [6.07, 6.45) is 4.08. The Morgan fingerprint density at radius 1 is 1.08 bits per heavy atom. The molecule has 2 aliphatic rings. The number of rotatable bonds is 6. The molecule has 26 heavy (non-hydrogen) atoms. The third kappa shape index (κ3) is 4.14. The van der Waals surface area contributed by atoms with Gasteiger partial charge in [0.05, 0.1) is 14.2 Å². The first-order chi connectivity index (χ1) is 12.4. The zero-order valence-electron chi connectivity index (χ0n) is 15.8. The molecule has 0 radical (unpaired) electrons. The average molecular weight is 384 g/mol. The quantitative estimate of drug-likeness (QED) is 0.811. The van der Waals surface area contributed by atoms with Crippen LogP contribution in [0.4, 0.5) is 0 Å². The Hall–Kier alpha value is -1.35. The van der Waals surface area contributed by atoms with Gasteiger partial charge in [-0.25, -0.2) is 0 Å². The largest absolute Gasteiger partial charge is 0.493 e. The monoisotopic (exact) mass is 383 g/mol. The first-order valence-electron chi connectivity index (χ1n) is 9.14. The Bertz CT molecular complexity index is 719. The molecule has 0 aromatic heterocycles. The number of ether oxygens (including phenoxy) is 2. The Kier molecular flexibility index (Phi) is 6.06. The Labute approximate surface area is 156 Å². The van der Waals surface area contributed by atoms with Gasteiger partial charge in [0, 0.05) is 31.7 Å². The minimum absolute atomic E-state index is 0.0243. The lowest BCUT2D eigenvalue weighted by molar-refractivity contribution is 0.146. The summed E-state index contributed by atoms with van der Waals surface area (Å²) in [7, 11) is 1.77. The molecule has 8 heteroatoms. The smallest absolute Gasteiger partial charge is 0.279 e. The summed E-state index contributed by atoms with van der Waals surface area (Å²) in [6.45, 7) is 1.61. The van der Waals surface area contributed by atoms with Gasteiger partial charge < -0.3 is 9.47 Å². The summed E-state index contributed by atoms with van der Waals surface area (Å²) >= 11 is 0. The molecule has 3 rings (SSSR count). The van der Waals surface area contributed by atoms with E-state index >= 15 is 0 Å². The maximum absolute atomic E-state index is 12.8. The maximum Gasteiger partial charge on any atom is 0.279 e. The van der Waals surface area contributed by atoms with Gasteiger partial charge in [-0.05, 0) is 37.6 Å². The van der Waals surface area contributed by atoms with Crippen LogP contribution in [0.5, 0.6) is 11.5 Å². The van der Waals surface area contributed by atoms with Crippen LogP contribution in [0.25, 0.3) is 0 Å². The van der Waals surface area contributed by atoms with Crippen molar-refractivity contribution in [2.45, 2.75) is 37.8 Å². The Balaban J connectivity index is 1.77. The van der Waals surface area contributed by atoms with Crippen LogP contribution in [-0.4, -0.2) is 64.6 Å². The van der Waals surface area contributed by atoms with Crippen molar-refractivity contribution in [3.05, 3.63) is 23.8 Å². The van der Waals surface area contributed by atoms with E-state index in [1.807, 2.05) is 25.2 Å². The fourth-order valence-corrected chi connectivity index (χ4v) is 5.28. The molecule has 1 saturated carbocycles. The van der Waals surface area contributed by atoms with Gasteiger partial charge in [-0.1, -0.05) is 18.9 Å². The van der Waals surface area contributed by atoms with Crippen molar-refractivity contribution in [1.82, 2.24) is 13.9 Å². The first kappa shape index (κ1) is 19.4. The number of nitrogens with one attached hydrogen (secondary N) is 1. The van der Waals surface area contributed by atoms with Crippen molar-refractivity contribution in [3.8, 4) is 11.5 Å². The minimum atomic E-state index is -3.46. The number of hydrogen-bond donors (Lipinski definition) is 1. The molecular weight excluding hydrogens is 354 g/mol. The lowest BCUT2D eigenvalue weighted by atomic mass is 10.0. The van der Waals surface area contributed by atoms with Crippen LogP contribution < -0.4 is 14.2 Å². The highest BCUT2D eigenvalue weighted by molar-refractivity contribution is 7.87. The predicted octanol–water partition coefficient (Wildman–Crippen LogP) is 1.77. The Morgan fingerprint density at radius 2 is 1.77 bits per heavy atom. The number of piperazine rings is 1. The summed E-state index contributed by atoms with van der Waals surface area (Å²) in [4.78, 5) is 2.18. The predicted molar refractivity (Wildman–Crippen MR) is 101 cm³/mol. The normalized spacial score (nSPS) is 23.3. The van der Waals surface area contributed by atoms with E-state index in [9.17, 15) is 8.42 Å². The maximum atomic E-state index is 12.8. The van der Waals surface area contributed by atoms with E-state index < -0.39 is 10.2 Å². The lowest BCUT2D eigenvalue weighted by Gasteiger charge is -2.39. The second-order valence-corrected chi connectivity index (χ2v) is 8.78. The lowest BCUT2D eigenvalue weighted by Crippen LogP contribution is -2.53. The van der Waals surface area contributed by atoms with E-state index in [4.69, 9.17) is 9.47 Å².